The summed E-state index contributed by atoms with van der Waals surface area (Å²) in [5.41, 5.74) is 10.7. The largest absolute Gasteiger partial charge is 0.0830 e. The van der Waals surface area contributed by atoms with Crippen molar-refractivity contribution < 1.29 is 0 Å². The molecule has 0 aromatic heterocycles. The van der Waals surface area contributed by atoms with E-state index < -0.39 is 0 Å². The molecule has 0 unspecified atom stereocenters. The second-order valence-corrected chi connectivity index (χ2v) is 8.12. The van der Waals surface area contributed by atoms with Crippen LogP contribution in [-0.4, -0.2) is 0 Å². The minimum absolute atomic E-state index is 0.143. The van der Waals surface area contributed by atoms with Crippen molar-refractivity contribution in [3.05, 3.63) is 56.7 Å². The van der Waals surface area contributed by atoms with Gasteiger partial charge in [-0.2, -0.15) is 0 Å². The summed E-state index contributed by atoms with van der Waals surface area (Å²) < 4.78 is 0. The number of allylic oxidation sites excluding steroid dienone is 10. The quantitative estimate of drug-likeness (QED) is 0.418. The highest BCUT2D eigenvalue weighted by atomic mass is 14.4. The Morgan fingerprint density at radius 3 is 0.962 bits per heavy atom. The van der Waals surface area contributed by atoms with Crippen molar-refractivity contribution >= 4 is 0 Å². The molecule has 0 aromatic carbocycles. The SMILES string of the molecule is CC1=C(C)C(C)(C#C/C=C/C#CC2(C)C(C)=C(C)C(C)=C2C)C(C)=C1C. The fraction of sp³-hybridized carbons (Fsp3) is 0.462. The molecule has 0 spiro atoms. The van der Waals surface area contributed by atoms with Gasteiger partial charge in [0.05, 0.1) is 10.8 Å². The van der Waals surface area contributed by atoms with Crippen LogP contribution in [0.1, 0.15) is 69.2 Å². The van der Waals surface area contributed by atoms with E-state index in [1.54, 1.807) is 0 Å². The average Bonchev–Trinajstić information content (AvgIpc) is 2.86. The van der Waals surface area contributed by atoms with E-state index in [1.807, 2.05) is 12.2 Å². The highest BCUT2D eigenvalue weighted by Crippen LogP contribution is 2.46. The molecule has 0 amide bonds. The summed E-state index contributed by atoms with van der Waals surface area (Å²) in [6.07, 6.45) is 3.77. The van der Waals surface area contributed by atoms with E-state index in [1.165, 1.54) is 44.6 Å². The molecule has 0 radical (unpaired) electrons. The van der Waals surface area contributed by atoms with Gasteiger partial charge in [-0.05, 0) is 126 Å². The van der Waals surface area contributed by atoms with Gasteiger partial charge in [-0.3, -0.25) is 0 Å². The van der Waals surface area contributed by atoms with Gasteiger partial charge in [-0.1, -0.05) is 23.7 Å². The first-order chi connectivity index (χ1) is 12.0. The van der Waals surface area contributed by atoms with Crippen molar-refractivity contribution in [2.45, 2.75) is 69.2 Å². The summed E-state index contributed by atoms with van der Waals surface area (Å²) in [7, 11) is 0. The summed E-state index contributed by atoms with van der Waals surface area (Å²) in [4.78, 5) is 0. The van der Waals surface area contributed by atoms with E-state index in [4.69, 9.17) is 0 Å². The molecular weight excluding hydrogens is 312 g/mol. The lowest BCUT2D eigenvalue weighted by Crippen LogP contribution is -2.14. The first-order valence-corrected chi connectivity index (χ1v) is 9.41. The number of hydrogen-bond acceptors (Lipinski definition) is 0. The summed E-state index contributed by atoms with van der Waals surface area (Å²) in [5.74, 6) is 13.3. The summed E-state index contributed by atoms with van der Waals surface area (Å²) in [6.45, 7) is 22.0. The normalized spacial score (nSPS) is 21.5. The molecule has 2 aliphatic rings. The molecule has 136 valence electrons. The van der Waals surface area contributed by atoms with Crippen LogP contribution in [0.4, 0.5) is 0 Å². The van der Waals surface area contributed by atoms with Gasteiger partial charge in [0.15, 0.2) is 0 Å². The fourth-order valence-corrected chi connectivity index (χ4v) is 4.02. The first-order valence-electron chi connectivity index (χ1n) is 9.41. The third kappa shape index (κ3) is 2.93. The van der Waals surface area contributed by atoms with Crippen LogP contribution in [0.2, 0.25) is 0 Å². The van der Waals surface area contributed by atoms with E-state index in [0.717, 1.165) is 0 Å². The van der Waals surface area contributed by atoms with Gasteiger partial charge in [0.1, 0.15) is 0 Å². The van der Waals surface area contributed by atoms with Crippen molar-refractivity contribution in [1.82, 2.24) is 0 Å². The highest BCUT2D eigenvalue weighted by Gasteiger charge is 2.35. The maximum absolute atomic E-state index is 3.45. The second kappa shape index (κ2) is 6.85. The Labute approximate surface area is 160 Å². The molecule has 0 atom stereocenters. The van der Waals surface area contributed by atoms with Crippen molar-refractivity contribution in [3.8, 4) is 23.7 Å². The summed E-state index contributed by atoms with van der Waals surface area (Å²) in [6, 6.07) is 0. The zero-order valence-corrected chi connectivity index (χ0v) is 18.2. The molecule has 0 bridgehead atoms. The zero-order chi connectivity index (χ0) is 19.9. The van der Waals surface area contributed by atoms with Crippen molar-refractivity contribution in [2.24, 2.45) is 10.8 Å². The Balaban J connectivity index is 2.23. The summed E-state index contributed by atoms with van der Waals surface area (Å²) in [5, 5.41) is 0. The lowest BCUT2D eigenvalue weighted by atomic mass is 9.80. The molecule has 0 aromatic rings. The summed E-state index contributed by atoms with van der Waals surface area (Å²) >= 11 is 0. The maximum atomic E-state index is 3.45. The maximum Gasteiger partial charge on any atom is 0.0713 e. The van der Waals surface area contributed by atoms with Crippen LogP contribution in [0.15, 0.2) is 56.7 Å². The number of rotatable bonds is 0. The van der Waals surface area contributed by atoms with Gasteiger partial charge in [-0.25, -0.2) is 0 Å². The van der Waals surface area contributed by atoms with Crippen molar-refractivity contribution in [3.63, 3.8) is 0 Å². The van der Waals surface area contributed by atoms with E-state index in [-0.39, 0.29) is 10.8 Å². The molecule has 0 heteroatoms. The lowest BCUT2D eigenvalue weighted by molar-refractivity contribution is 0.652. The number of hydrogen-bond donors (Lipinski definition) is 0. The molecule has 0 saturated carbocycles. The third-order valence-electron chi connectivity index (χ3n) is 7.27. The topological polar surface area (TPSA) is 0 Å². The predicted molar refractivity (Wildman–Crippen MR) is 114 cm³/mol. The minimum atomic E-state index is -0.143. The fourth-order valence-electron chi connectivity index (χ4n) is 4.02. The zero-order valence-electron chi connectivity index (χ0n) is 18.2. The first kappa shape index (κ1) is 20.1. The van der Waals surface area contributed by atoms with Gasteiger partial charge in [0.25, 0.3) is 0 Å². The molecular formula is C26H32. The van der Waals surface area contributed by atoms with Crippen LogP contribution in [-0.2, 0) is 0 Å². The van der Waals surface area contributed by atoms with E-state index >= 15 is 0 Å². The molecule has 0 nitrogen and oxygen atoms in total. The van der Waals surface area contributed by atoms with Crippen LogP contribution in [0, 0.1) is 34.5 Å². The van der Waals surface area contributed by atoms with Gasteiger partial charge in [0, 0.05) is 0 Å². The molecule has 0 saturated heterocycles. The van der Waals surface area contributed by atoms with Crippen LogP contribution in [0.25, 0.3) is 0 Å². The third-order valence-corrected chi connectivity index (χ3v) is 7.27. The van der Waals surface area contributed by atoms with Gasteiger partial charge in [-0.15, -0.1) is 0 Å². The molecule has 2 rings (SSSR count). The molecule has 0 fully saturated rings. The smallest absolute Gasteiger partial charge is 0.0713 e. The Morgan fingerprint density at radius 1 is 0.500 bits per heavy atom. The van der Waals surface area contributed by atoms with Crippen LogP contribution in [0.5, 0.6) is 0 Å². The second-order valence-electron chi connectivity index (χ2n) is 8.12. The molecule has 0 N–H and O–H groups in total. The molecule has 0 heterocycles. The molecule has 2 aliphatic carbocycles. The van der Waals surface area contributed by atoms with E-state index in [2.05, 4.69) is 92.9 Å². The van der Waals surface area contributed by atoms with Crippen LogP contribution in [0.3, 0.4) is 0 Å². The molecule has 26 heavy (non-hydrogen) atoms. The predicted octanol–water partition coefficient (Wildman–Crippen LogP) is 6.93. The Bertz CT molecular complexity index is 801. The van der Waals surface area contributed by atoms with Crippen LogP contribution >= 0.6 is 0 Å². The van der Waals surface area contributed by atoms with E-state index in [0.29, 0.717) is 0 Å². The van der Waals surface area contributed by atoms with E-state index in [9.17, 15) is 0 Å². The Hall–Kier alpha value is -2.18. The minimum Gasteiger partial charge on any atom is -0.0830 e. The van der Waals surface area contributed by atoms with Crippen molar-refractivity contribution in [2.75, 3.05) is 0 Å². The standard InChI is InChI=1S/C26H32/c1-17-18(2)22(6)25(9,21(17)5)15-13-11-12-14-16-26(10)23(7)19(3)20(4)24(26)8/h11-12H,1-10H3/b12-11+. The Morgan fingerprint density at radius 2 is 0.731 bits per heavy atom. The van der Waals surface area contributed by atoms with Gasteiger partial charge < -0.3 is 0 Å². The Kier molecular flexibility index (Phi) is 5.31. The van der Waals surface area contributed by atoms with Crippen molar-refractivity contribution in [1.29, 1.82) is 0 Å². The highest BCUT2D eigenvalue weighted by molar-refractivity contribution is 5.56. The molecule has 0 aliphatic heterocycles. The average molecular weight is 345 g/mol. The van der Waals surface area contributed by atoms with Crippen LogP contribution < -0.4 is 0 Å². The monoisotopic (exact) mass is 344 g/mol. The van der Waals surface area contributed by atoms with Gasteiger partial charge in [0.2, 0.25) is 0 Å². The van der Waals surface area contributed by atoms with Gasteiger partial charge >= 0.3 is 0 Å². The lowest BCUT2D eigenvalue weighted by Gasteiger charge is -2.22.